The van der Waals surface area contributed by atoms with E-state index >= 15 is 0 Å². The summed E-state index contributed by atoms with van der Waals surface area (Å²) in [5.74, 6) is 0.687. The molecule has 1 unspecified atom stereocenters. The maximum atomic E-state index is 12.3. The first-order valence-electron chi connectivity index (χ1n) is 6.64. The van der Waals surface area contributed by atoms with Gasteiger partial charge in [-0.2, -0.15) is 0 Å². The lowest BCUT2D eigenvalue weighted by atomic mass is 10.2. The second-order valence-corrected chi connectivity index (χ2v) is 5.81. The second kappa shape index (κ2) is 5.34. The number of thiazole rings is 1. The molecule has 1 aliphatic rings. The molecule has 0 bridgehead atoms. The van der Waals surface area contributed by atoms with Crippen LogP contribution in [0, 0.1) is 6.92 Å². The average molecular weight is 291 g/mol. The van der Waals surface area contributed by atoms with Crippen molar-refractivity contribution in [1.82, 2.24) is 20.0 Å². The molecular formula is C13H17N5OS. The van der Waals surface area contributed by atoms with Gasteiger partial charge in [0.15, 0.2) is 5.82 Å². The van der Waals surface area contributed by atoms with Crippen molar-refractivity contribution >= 4 is 11.3 Å². The Morgan fingerprint density at radius 2 is 2.30 bits per heavy atom. The molecule has 0 saturated carbocycles. The molecular weight excluding hydrogens is 274 g/mol. The van der Waals surface area contributed by atoms with E-state index in [0.29, 0.717) is 11.9 Å². The van der Waals surface area contributed by atoms with E-state index in [9.17, 15) is 4.79 Å². The zero-order valence-corrected chi connectivity index (χ0v) is 12.4. The van der Waals surface area contributed by atoms with Gasteiger partial charge in [-0.15, -0.1) is 11.3 Å². The van der Waals surface area contributed by atoms with Crippen LogP contribution in [0.25, 0.3) is 10.7 Å². The Kier molecular flexibility index (Phi) is 3.54. The fourth-order valence-electron chi connectivity index (χ4n) is 2.44. The van der Waals surface area contributed by atoms with Crippen LogP contribution in [0.2, 0.25) is 0 Å². The van der Waals surface area contributed by atoms with Crippen molar-refractivity contribution < 1.29 is 0 Å². The Morgan fingerprint density at radius 3 is 3.00 bits per heavy atom. The van der Waals surface area contributed by atoms with Crippen molar-refractivity contribution in [3.05, 3.63) is 33.8 Å². The number of rotatable bonds is 2. The summed E-state index contributed by atoms with van der Waals surface area (Å²) in [6.45, 7) is 6.50. The van der Waals surface area contributed by atoms with Gasteiger partial charge in [0.25, 0.3) is 5.56 Å². The number of piperazine rings is 1. The van der Waals surface area contributed by atoms with E-state index in [4.69, 9.17) is 0 Å². The smallest absolute Gasteiger partial charge is 0.272 e. The van der Waals surface area contributed by atoms with Crippen LogP contribution in [0.15, 0.2) is 22.6 Å². The second-order valence-electron chi connectivity index (χ2n) is 4.95. The Balaban J connectivity index is 2.10. The average Bonchev–Trinajstić information content (AvgIpc) is 2.84. The molecule has 1 saturated heterocycles. The number of hydrogen-bond acceptors (Lipinski definition) is 6. The summed E-state index contributed by atoms with van der Waals surface area (Å²) in [6, 6.07) is 1.86. The van der Waals surface area contributed by atoms with Crippen molar-refractivity contribution in [3.8, 4) is 10.7 Å². The fraction of sp³-hybridized carbons (Fsp3) is 0.462. The van der Waals surface area contributed by atoms with Gasteiger partial charge < -0.3 is 10.3 Å². The zero-order chi connectivity index (χ0) is 14.1. The summed E-state index contributed by atoms with van der Waals surface area (Å²) in [5, 5.41) is 5.44. The third kappa shape index (κ3) is 2.34. The van der Waals surface area contributed by atoms with Crippen molar-refractivity contribution in [1.29, 1.82) is 0 Å². The summed E-state index contributed by atoms with van der Waals surface area (Å²) >= 11 is 1.51. The van der Waals surface area contributed by atoms with Gasteiger partial charge in [0.2, 0.25) is 0 Å². The first-order chi connectivity index (χ1) is 9.66. The maximum Gasteiger partial charge on any atom is 0.272 e. The Morgan fingerprint density at radius 1 is 1.45 bits per heavy atom. The van der Waals surface area contributed by atoms with Crippen LogP contribution in [-0.4, -0.2) is 40.3 Å². The molecule has 1 fully saturated rings. The number of aromatic nitrogens is 3. The van der Waals surface area contributed by atoms with E-state index in [1.54, 1.807) is 16.4 Å². The van der Waals surface area contributed by atoms with E-state index < -0.39 is 0 Å². The van der Waals surface area contributed by atoms with Gasteiger partial charge in [0, 0.05) is 37.9 Å². The number of hydrogen-bond donors (Lipinski definition) is 1. The van der Waals surface area contributed by atoms with E-state index in [1.807, 2.05) is 6.92 Å². The van der Waals surface area contributed by atoms with Crippen molar-refractivity contribution in [2.24, 2.45) is 0 Å². The third-order valence-corrected chi connectivity index (χ3v) is 4.33. The minimum absolute atomic E-state index is 0.0445. The highest BCUT2D eigenvalue weighted by atomic mass is 32.1. The third-order valence-electron chi connectivity index (χ3n) is 3.40. The predicted molar refractivity (Wildman–Crippen MR) is 79.8 cm³/mol. The zero-order valence-electron chi connectivity index (χ0n) is 11.5. The van der Waals surface area contributed by atoms with E-state index in [0.717, 1.165) is 30.2 Å². The summed E-state index contributed by atoms with van der Waals surface area (Å²) in [6.07, 6.45) is 1.57. The van der Waals surface area contributed by atoms with Crippen LogP contribution in [0.3, 0.4) is 0 Å². The van der Waals surface area contributed by atoms with Crippen LogP contribution in [0.4, 0.5) is 0 Å². The lowest BCUT2D eigenvalue weighted by Crippen LogP contribution is -2.56. The Hall–Kier alpha value is -1.73. The molecule has 0 spiro atoms. The molecule has 2 aromatic rings. The highest BCUT2D eigenvalue weighted by Gasteiger charge is 2.21. The topological polar surface area (TPSA) is 63.1 Å². The van der Waals surface area contributed by atoms with E-state index in [-0.39, 0.29) is 5.56 Å². The first-order valence-corrected chi connectivity index (χ1v) is 7.52. The lowest BCUT2D eigenvalue weighted by molar-refractivity contribution is 0.415. The summed E-state index contributed by atoms with van der Waals surface area (Å²) in [4.78, 5) is 21.9. The molecule has 1 N–H and O–H groups in total. The lowest BCUT2D eigenvalue weighted by Gasteiger charge is -2.35. The summed E-state index contributed by atoms with van der Waals surface area (Å²) < 4.78 is 1.69. The normalized spacial score (nSPS) is 19.3. The summed E-state index contributed by atoms with van der Waals surface area (Å²) in [7, 11) is 0. The van der Waals surface area contributed by atoms with Crippen molar-refractivity contribution in [2.45, 2.75) is 19.9 Å². The van der Waals surface area contributed by atoms with Crippen LogP contribution < -0.4 is 15.9 Å². The van der Waals surface area contributed by atoms with Gasteiger partial charge in [-0.1, -0.05) is 0 Å². The molecule has 0 amide bonds. The van der Waals surface area contributed by atoms with Gasteiger partial charge >= 0.3 is 0 Å². The molecule has 0 aliphatic carbocycles. The molecule has 1 atom stereocenters. The molecule has 6 nitrogen and oxygen atoms in total. The molecule has 3 rings (SSSR count). The SMILES string of the molecule is Cc1ncsc1-c1nccc(=O)n1N1CCNC(C)C1. The molecule has 0 radical (unpaired) electrons. The van der Waals surface area contributed by atoms with Crippen molar-refractivity contribution in [3.63, 3.8) is 0 Å². The monoisotopic (exact) mass is 291 g/mol. The Labute approximate surface area is 121 Å². The van der Waals surface area contributed by atoms with Gasteiger partial charge in [0.1, 0.15) is 0 Å². The van der Waals surface area contributed by atoms with Gasteiger partial charge in [-0.05, 0) is 13.8 Å². The first kappa shape index (κ1) is 13.3. The predicted octanol–water partition coefficient (Wildman–Crippen LogP) is 0.605. The fourth-order valence-corrected chi connectivity index (χ4v) is 3.22. The standard InChI is InChI=1S/C13H17N5OS/c1-9-7-17(6-5-14-9)18-11(19)3-4-15-13(18)12-10(2)16-8-20-12/h3-4,8-9,14H,5-7H2,1-2H3. The number of nitrogens with zero attached hydrogens (tertiary/aromatic N) is 4. The molecule has 2 aromatic heterocycles. The van der Waals surface area contributed by atoms with Crippen molar-refractivity contribution in [2.75, 3.05) is 24.6 Å². The van der Waals surface area contributed by atoms with Gasteiger partial charge in [-0.25, -0.2) is 14.6 Å². The molecule has 0 aromatic carbocycles. The minimum atomic E-state index is -0.0445. The molecule has 1 aliphatic heterocycles. The largest absolute Gasteiger partial charge is 0.311 e. The Bertz CT molecular complexity index is 665. The van der Waals surface area contributed by atoms with E-state index in [1.165, 1.54) is 17.4 Å². The van der Waals surface area contributed by atoms with Crippen LogP contribution >= 0.6 is 11.3 Å². The highest BCUT2D eigenvalue weighted by molar-refractivity contribution is 7.13. The molecule has 20 heavy (non-hydrogen) atoms. The van der Waals surface area contributed by atoms with Crippen LogP contribution in [0.1, 0.15) is 12.6 Å². The number of nitrogens with one attached hydrogen (secondary N) is 1. The molecule has 7 heteroatoms. The van der Waals surface area contributed by atoms with Gasteiger partial charge in [0.05, 0.1) is 16.1 Å². The quantitative estimate of drug-likeness (QED) is 0.878. The maximum absolute atomic E-state index is 12.3. The highest BCUT2D eigenvalue weighted by Crippen LogP contribution is 2.24. The van der Waals surface area contributed by atoms with E-state index in [2.05, 4.69) is 27.2 Å². The number of aryl methyl sites for hydroxylation is 1. The molecule has 3 heterocycles. The van der Waals surface area contributed by atoms with Crippen LogP contribution in [0.5, 0.6) is 0 Å². The summed E-state index contributed by atoms with van der Waals surface area (Å²) in [5.41, 5.74) is 2.65. The molecule has 106 valence electrons. The minimum Gasteiger partial charge on any atom is -0.311 e. The van der Waals surface area contributed by atoms with Crippen LogP contribution in [-0.2, 0) is 0 Å². The van der Waals surface area contributed by atoms with Gasteiger partial charge in [-0.3, -0.25) is 4.79 Å².